The first-order chi connectivity index (χ1) is 7.34. The van der Waals surface area contributed by atoms with Gasteiger partial charge in [-0.1, -0.05) is 6.07 Å². The van der Waals surface area contributed by atoms with E-state index in [0.29, 0.717) is 5.75 Å². The van der Waals surface area contributed by atoms with Gasteiger partial charge in [-0.15, -0.1) is 11.8 Å². The fraction of sp³-hybridized carbons (Fsp3) is 0.500. The van der Waals surface area contributed by atoms with Crippen LogP contribution in [-0.4, -0.2) is 23.9 Å². The van der Waals surface area contributed by atoms with E-state index in [1.807, 2.05) is 23.9 Å². The molecular weight excluding hydrogens is 206 g/mol. The lowest BCUT2D eigenvalue weighted by molar-refractivity contribution is 0.408. The Kier molecular flexibility index (Phi) is 3.92. The number of rotatable bonds is 3. The Morgan fingerprint density at radius 1 is 1.33 bits per heavy atom. The van der Waals surface area contributed by atoms with E-state index >= 15 is 0 Å². The maximum atomic E-state index is 9.33. The minimum Gasteiger partial charge on any atom is -0.508 e. The van der Waals surface area contributed by atoms with Crippen LogP contribution in [-0.2, 0) is 0 Å². The van der Waals surface area contributed by atoms with Crippen molar-refractivity contribution >= 4 is 11.8 Å². The molecule has 2 N–H and O–H groups in total. The molecule has 0 spiro atoms. The standard InChI is InChI=1S/C12H17NOS/c14-11-2-1-3-12(8-11)15-9-10-4-6-13-7-5-10/h1-3,8,10,13-14H,4-7,9H2. The molecule has 0 radical (unpaired) electrons. The molecule has 82 valence electrons. The van der Waals surface area contributed by atoms with Crippen LogP contribution < -0.4 is 5.32 Å². The number of nitrogens with one attached hydrogen (secondary N) is 1. The van der Waals surface area contributed by atoms with Crippen molar-refractivity contribution in [2.24, 2.45) is 5.92 Å². The molecule has 2 rings (SSSR count). The van der Waals surface area contributed by atoms with Gasteiger partial charge in [-0.3, -0.25) is 0 Å². The van der Waals surface area contributed by atoms with Gasteiger partial charge in [0, 0.05) is 10.6 Å². The number of hydrogen-bond donors (Lipinski definition) is 2. The van der Waals surface area contributed by atoms with Crippen molar-refractivity contribution in [2.75, 3.05) is 18.8 Å². The Morgan fingerprint density at radius 3 is 2.87 bits per heavy atom. The smallest absolute Gasteiger partial charge is 0.116 e. The molecule has 0 aromatic heterocycles. The highest BCUT2D eigenvalue weighted by Gasteiger charge is 2.12. The maximum Gasteiger partial charge on any atom is 0.116 e. The molecule has 0 atom stereocenters. The van der Waals surface area contributed by atoms with Gasteiger partial charge in [0.15, 0.2) is 0 Å². The van der Waals surface area contributed by atoms with Gasteiger partial charge in [-0.2, -0.15) is 0 Å². The normalized spacial score (nSPS) is 17.9. The van der Waals surface area contributed by atoms with Crippen molar-refractivity contribution in [1.29, 1.82) is 0 Å². The lowest BCUT2D eigenvalue weighted by Gasteiger charge is -2.21. The maximum absolute atomic E-state index is 9.33. The molecule has 1 aliphatic heterocycles. The Morgan fingerprint density at radius 2 is 2.13 bits per heavy atom. The average Bonchev–Trinajstić information content (AvgIpc) is 2.28. The quantitative estimate of drug-likeness (QED) is 0.772. The first-order valence-corrected chi connectivity index (χ1v) is 6.46. The molecule has 0 unspecified atom stereocenters. The monoisotopic (exact) mass is 223 g/mol. The summed E-state index contributed by atoms with van der Waals surface area (Å²) in [6.45, 7) is 2.32. The number of phenols is 1. The number of thioether (sulfide) groups is 1. The largest absolute Gasteiger partial charge is 0.508 e. The Labute approximate surface area is 95.1 Å². The van der Waals surface area contributed by atoms with E-state index in [4.69, 9.17) is 0 Å². The Balaban J connectivity index is 1.81. The number of hydrogen-bond acceptors (Lipinski definition) is 3. The minimum atomic E-state index is 0.366. The van der Waals surface area contributed by atoms with Gasteiger partial charge in [-0.05, 0) is 50.0 Å². The molecule has 1 heterocycles. The van der Waals surface area contributed by atoms with E-state index in [2.05, 4.69) is 11.4 Å². The van der Waals surface area contributed by atoms with Crippen LogP contribution in [0, 0.1) is 5.92 Å². The molecule has 0 saturated carbocycles. The predicted molar refractivity (Wildman–Crippen MR) is 64.4 cm³/mol. The molecule has 0 amide bonds. The average molecular weight is 223 g/mol. The van der Waals surface area contributed by atoms with Gasteiger partial charge < -0.3 is 10.4 Å². The fourth-order valence-corrected chi connectivity index (χ4v) is 2.98. The number of phenolic OH excluding ortho intramolecular Hbond substituents is 1. The molecule has 2 nitrogen and oxygen atoms in total. The van der Waals surface area contributed by atoms with Gasteiger partial charge >= 0.3 is 0 Å². The second-order valence-electron chi connectivity index (χ2n) is 4.00. The topological polar surface area (TPSA) is 32.3 Å². The number of benzene rings is 1. The van der Waals surface area contributed by atoms with Crippen molar-refractivity contribution in [3.05, 3.63) is 24.3 Å². The van der Waals surface area contributed by atoms with Crippen molar-refractivity contribution in [3.63, 3.8) is 0 Å². The van der Waals surface area contributed by atoms with E-state index in [9.17, 15) is 5.11 Å². The van der Waals surface area contributed by atoms with Crippen LogP contribution in [0.1, 0.15) is 12.8 Å². The van der Waals surface area contributed by atoms with E-state index in [-0.39, 0.29) is 0 Å². The second-order valence-corrected chi connectivity index (χ2v) is 5.10. The lowest BCUT2D eigenvalue weighted by atomic mass is 10.0. The minimum absolute atomic E-state index is 0.366. The molecule has 1 aromatic carbocycles. The van der Waals surface area contributed by atoms with Crippen LogP contribution in [0.25, 0.3) is 0 Å². The van der Waals surface area contributed by atoms with Crippen LogP contribution >= 0.6 is 11.8 Å². The van der Waals surface area contributed by atoms with Crippen molar-refractivity contribution in [3.8, 4) is 5.75 Å². The summed E-state index contributed by atoms with van der Waals surface area (Å²) in [4.78, 5) is 1.17. The summed E-state index contributed by atoms with van der Waals surface area (Å²) in [7, 11) is 0. The fourth-order valence-electron chi connectivity index (χ4n) is 1.84. The zero-order valence-electron chi connectivity index (χ0n) is 8.78. The van der Waals surface area contributed by atoms with Gasteiger partial charge in [0.2, 0.25) is 0 Å². The third-order valence-corrected chi connectivity index (χ3v) is 3.99. The predicted octanol–water partition coefficient (Wildman–Crippen LogP) is 2.48. The first-order valence-electron chi connectivity index (χ1n) is 5.47. The molecule has 0 aliphatic carbocycles. The second kappa shape index (κ2) is 5.42. The van der Waals surface area contributed by atoms with Crippen LogP contribution in [0.2, 0.25) is 0 Å². The summed E-state index contributed by atoms with van der Waals surface area (Å²) in [5, 5.41) is 12.7. The highest BCUT2D eigenvalue weighted by molar-refractivity contribution is 7.99. The highest BCUT2D eigenvalue weighted by atomic mass is 32.2. The van der Waals surface area contributed by atoms with Crippen molar-refractivity contribution in [1.82, 2.24) is 5.32 Å². The molecule has 0 bridgehead atoms. The van der Waals surface area contributed by atoms with E-state index in [1.165, 1.54) is 23.5 Å². The zero-order chi connectivity index (χ0) is 10.5. The summed E-state index contributed by atoms with van der Waals surface area (Å²) in [6.07, 6.45) is 2.57. The molecular formula is C12H17NOS. The van der Waals surface area contributed by atoms with E-state index in [0.717, 1.165) is 19.0 Å². The summed E-state index contributed by atoms with van der Waals surface area (Å²) in [6, 6.07) is 7.52. The van der Waals surface area contributed by atoms with Gasteiger partial charge in [0.25, 0.3) is 0 Å². The summed E-state index contributed by atoms with van der Waals surface area (Å²) >= 11 is 1.85. The molecule has 15 heavy (non-hydrogen) atoms. The van der Waals surface area contributed by atoms with Gasteiger partial charge in [-0.25, -0.2) is 0 Å². The number of piperidine rings is 1. The van der Waals surface area contributed by atoms with Crippen LogP contribution in [0.4, 0.5) is 0 Å². The Bertz CT molecular complexity index is 310. The van der Waals surface area contributed by atoms with Crippen LogP contribution in [0.5, 0.6) is 5.75 Å². The molecule has 1 aliphatic rings. The zero-order valence-corrected chi connectivity index (χ0v) is 9.59. The summed E-state index contributed by atoms with van der Waals surface area (Å²) in [5.41, 5.74) is 0. The van der Waals surface area contributed by atoms with E-state index in [1.54, 1.807) is 6.07 Å². The van der Waals surface area contributed by atoms with Crippen molar-refractivity contribution < 1.29 is 5.11 Å². The summed E-state index contributed by atoms with van der Waals surface area (Å²) in [5.74, 6) is 2.37. The molecule has 1 fully saturated rings. The van der Waals surface area contributed by atoms with Gasteiger partial charge in [0.1, 0.15) is 5.75 Å². The number of aromatic hydroxyl groups is 1. The lowest BCUT2D eigenvalue weighted by Crippen LogP contribution is -2.28. The van der Waals surface area contributed by atoms with Gasteiger partial charge in [0.05, 0.1) is 0 Å². The first kappa shape index (κ1) is 10.8. The molecule has 1 aromatic rings. The summed E-state index contributed by atoms with van der Waals surface area (Å²) < 4.78 is 0. The third-order valence-electron chi connectivity index (χ3n) is 2.76. The van der Waals surface area contributed by atoms with Crippen molar-refractivity contribution in [2.45, 2.75) is 17.7 Å². The molecule has 1 saturated heterocycles. The molecule has 3 heteroatoms. The van der Waals surface area contributed by atoms with Crippen LogP contribution in [0.15, 0.2) is 29.2 Å². The van der Waals surface area contributed by atoms with Crippen LogP contribution in [0.3, 0.4) is 0 Å². The SMILES string of the molecule is Oc1cccc(SCC2CCNCC2)c1. The third kappa shape index (κ3) is 3.43. The Hall–Kier alpha value is -0.670. The van der Waals surface area contributed by atoms with E-state index < -0.39 is 0 Å². The highest BCUT2D eigenvalue weighted by Crippen LogP contribution is 2.26.